The van der Waals surface area contributed by atoms with Crippen LogP contribution in [0.15, 0.2) is 29.2 Å². The lowest BCUT2D eigenvalue weighted by atomic mass is 9.49. The van der Waals surface area contributed by atoms with Crippen molar-refractivity contribution in [2.24, 2.45) is 23.2 Å². The van der Waals surface area contributed by atoms with Crippen LogP contribution in [0.2, 0.25) is 5.02 Å². The number of benzene rings is 1. The van der Waals surface area contributed by atoms with Gasteiger partial charge in [-0.05, 0) is 93.4 Å². The van der Waals surface area contributed by atoms with E-state index in [9.17, 15) is 13.2 Å². The molecule has 1 amide bonds. The number of nitrogens with one attached hydrogen (secondary N) is 1. The summed E-state index contributed by atoms with van der Waals surface area (Å²) in [7, 11) is -3.56. The summed E-state index contributed by atoms with van der Waals surface area (Å²) in [5, 5.41) is 0.514. The second kappa shape index (κ2) is 7.24. The first-order chi connectivity index (χ1) is 13.8. The topological polar surface area (TPSA) is 66.5 Å². The van der Waals surface area contributed by atoms with Gasteiger partial charge < -0.3 is 4.90 Å². The molecule has 6 rings (SSSR count). The largest absolute Gasteiger partial charge is 0.342 e. The summed E-state index contributed by atoms with van der Waals surface area (Å²) < 4.78 is 28.1. The first-order valence-corrected chi connectivity index (χ1v) is 12.8. The lowest BCUT2D eigenvalue weighted by Crippen LogP contribution is -2.56. The SMILES string of the molecule is O=C(N1CCC(NS(=O)(=O)c2ccc(Cl)cc2)CC1)C12CC3CC(CC(C3)C1)C2. The molecule has 0 aromatic heterocycles. The van der Waals surface area contributed by atoms with Crippen molar-refractivity contribution in [2.45, 2.75) is 62.3 Å². The highest BCUT2D eigenvalue weighted by molar-refractivity contribution is 7.89. The second-order valence-electron chi connectivity index (χ2n) is 9.84. The number of piperidine rings is 1. The summed E-state index contributed by atoms with van der Waals surface area (Å²) in [4.78, 5) is 15.7. The fourth-order valence-corrected chi connectivity index (χ4v) is 8.24. The zero-order valence-corrected chi connectivity index (χ0v) is 18.2. The zero-order chi connectivity index (χ0) is 20.2. The van der Waals surface area contributed by atoms with Crippen LogP contribution in [0, 0.1) is 23.2 Å². The Kier molecular flexibility index (Phi) is 4.95. The predicted octanol–water partition coefficient (Wildman–Crippen LogP) is 3.83. The molecule has 5 aliphatic rings. The van der Waals surface area contributed by atoms with Crippen LogP contribution in [0.25, 0.3) is 0 Å². The van der Waals surface area contributed by atoms with E-state index in [1.165, 1.54) is 31.4 Å². The molecule has 4 saturated carbocycles. The van der Waals surface area contributed by atoms with Crippen molar-refractivity contribution in [3.63, 3.8) is 0 Å². The summed E-state index contributed by atoms with van der Waals surface area (Å²) in [6.07, 6.45) is 8.60. The van der Waals surface area contributed by atoms with Gasteiger partial charge in [-0.1, -0.05) is 11.6 Å². The molecule has 29 heavy (non-hydrogen) atoms. The Morgan fingerprint density at radius 1 is 0.966 bits per heavy atom. The van der Waals surface area contributed by atoms with Crippen molar-refractivity contribution in [2.75, 3.05) is 13.1 Å². The Morgan fingerprint density at radius 2 is 1.48 bits per heavy atom. The molecule has 1 aromatic carbocycles. The van der Waals surface area contributed by atoms with Gasteiger partial charge >= 0.3 is 0 Å². The van der Waals surface area contributed by atoms with Crippen molar-refractivity contribution in [1.29, 1.82) is 0 Å². The van der Waals surface area contributed by atoms with Crippen LogP contribution in [0.3, 0.4) is 0 Å². The van der Waals surface area contributed by atoms with Crippen LogP contribution in [-0.2, 0) is 14.8 Å². The van der Waals surface area contributed by atoms with Crippen molar-refractivity contribution < 1.29 is 13.2 Å². The molecular formula is C22H29ClN2O3S. The van der Waals surface area contributed by atoms with Crippen LogP contribution in [0.1, 0.15) is 51.4 Å². The van der Waals surface area contributed by atoms with Crippen LogP contribution < -0.4 is 4.72 Å². The Morgan fingerprint density at radius 3 is 2.00 bits per heavy atom. The van der Waals surface area contributed by atoms with E-state index in [0.29, 0.717) is 36.9 Å². The van der Waals surface area contributed by atoms with Crippen molar-refractivity contribution in [1.82, 2.24) is 9.62 Å². The molecule has 4 aliphatic carbocycles. The number of nitrogens with zero attached hydrogens (tertiary/aromatic N) is 1. The average molecular weight is 437 g/mol. The number of hydrogen-bond donors (Lipinski definition) is 1. The molecule has 0 radical (unpaired) electrons. The number of amides is 1. The van der Waals surface area contributed by atoms with E-state index in [1.807, 2.05) is 4.90 Å². The molecule has 1 N–H and O–H groups in total. The number of sulfonamides is 1. The number of halogens is 1. The molecule has 5 fully saturated rings. The number of likely N-dealkylation sites (tertiary alicyclic amines) is 1. The third kappa shape index (κ3) is 3.72. The molecule has 7 heteroatoms. The summed E-state index contributed by atoms with van der Waals surface area (Å²) in [5.74, 6) is 2.63. The minimum Gasteiger partial charge on any atom is -0.342 e. The van der Waals surface area contributed by atoms with E-state index >= 15 is 0 Å². The van der Waals surface area contributed by atoms with Crippen molar-refractivity contribution >= 4 is 27.5 Å². The normalized spacial score (nSPS) is 34.5. The fraction of sp³-hybridized carbons (Fsp3) is 0.682. The number of carbonyl (C=O) groups excluding carboxylic acids is 1. The molecular weight excluding hydrogens is 408 g/mol. The fourth-order valence-electron chi connectivity index (χ4n) is 6.81. The Balaban J connectivity index is 1.21. The van der Waals surface area contributed by atoms with E-state index in [1.54, 1.807) is 12.1 Å². The average Bonchev–Trinajstić information content (AvgIpc) is 2.67. The maximum atomic E-state index is 13.5. The smallest absolute Gasteiger partial charge is 0.240 e. The lowest BCUT2D eigenvalue weighted by Gasteiger charge is -2.57. The third-order valence-electron chi connectivity index (χ3n) is 7.72. The van der Waals surface area contributed by atoms with E-state index in [2.05, 4.69) is 4.72 Å². The van der Waals surface area contributed by atoms with Crippen LogP contribution in [0.5, 0.6) is 0 Å². The van der Waals surface area contributed by atoms with Gasteiger partial charge in [0.05, 0.1) is 10.3 Å². The summed E-state index contributed by atoms with van der Waals surface area (Å²) in [5.41, 5.74) is -0.107. The van der Waals surface area contributed by atoms with E-state index < -0.39 is 10.0 Å². The molecule has 1 saturated heterocycles. The molecule has 1 aliphatic heterocycles. The first kappa shape index (κ1) is 19.8. The lowest BCUT2D eigenvalue weighted by molar-refractivity contribution is -0.158. The van der Waals surface area contributed by atoms with Gasteiger partial charge in [0, 0.05) is 24.2 Å². The molecule has 0 unspecified atom stereocenters. The van der Waals surface area contributed by atoms with Crippen LogP contribution in [-0.4, -0.2) is 38.4 Å². The van der Waals surface area contributed by atoms with Gasteiger partial charge in [-0.15, -0.1) is 0 Å². The highest BCUT2D eigenvalue weighted by atomic mass is 35.5. The van der Waals surface area contributed by atoms with E-state index in [-0.39, 0.29) is 16.4 Å². The molecule has 1 heterocycles. The second-order valence-corrected chi connectivity index (χ2v) is 12.0. The Labute approximate surface area is 178 Å². The quantitative estimate of drug-likeness (QED) is 0.780. The Hall–Kier alpha value is -1.11. The number of hydrogen-bond acceptors (Lipinski definition) is 3. The highest BCUT2D eigenvalue weighted by Crippen LogP contribution is 2.60. The maximum Gasteiger partial charge on any atom is 0.240 e. The minimum atomic E-state index is -3.56. The summed E-state index contributed by atoms with van der Waals surface area (Å²) >= 11 is 5.86. The van der Waals surface area contributed by atoms with Gasteiger partial charge in [-0.2, -0.15) is 0 Å². The van der Waals surface area contributed by atoms with E-state index in [4.69, 9.17) is 11.6 Å². The van der Waals surface area contributed by atoms with Gasteiger partial charge in [-0.3, -0.25) is 4.79 Å². The highest BCUT2D eigenvalue weighted by Gasteiger charge is 2.55. The number of rotatable bonds is 4. The maximum absolute atomic E-state index is 13.5. The molecule has 0 spiro atoms. The van der Waals surface area contributed by atoms with Gasteiger partial charge in [-0.25, -0.2) is 13.1 Å². The van der Waals surface area contributed by atoms with Crippen LogP contribution in [0.4, 0.5) is 0 Å². The molecule has 158 valence electrons. The monoisotopic (exact) mass is 436 g/mol. The van der Waals surface area contributed by atoms with Crippen molar-refractivity contribution in [3.8, 4) is 0 Å². The van der Waals surface area contributed by atoms with Gasteiger partial charge in [0.15, 0.2) is 0 Å². The molecule has 4 bridgehead atoms. The van der Waals surface area contributed by atoms with E-state index in [0.717, 1.165) is 37.0 Å². The predicted molar refractivity (Wildman–Crippen MR) is 112 cm³/mol. The molecule has 1 aromatic rings. The van der Waals surface area contributed by atoms with Crippen LogP contribution >= 0.6 is 11.6 Å². The van der Waals surface area contributed by atoms with Gasteiger partial charge in [0.2, 0.25) is 15.9 Å². The zero-order valence-electron chi connectivity index (χ0n) is 16.6. The first-order valence-electron chi connectivity index (χ1n) is 10.9. The Bertz CT molecular complexity index is 856. The summed E-state index contributed by atoms with van der Waals surface area (Å²) in [6.45, 7) is 1.29. The molecule has 0 atom stereocenters. The third-order valence-corrected chi connectivity index (χ3v) is 9.51. The summed E-state index contributed by atoms with van der Waals surface area (Å²) in [6, 6.07) is 6.09. The molecule has 5 nitrogen and oxygen atoms in total. The van der Waals surface area contributed by atoms with Gasteiger partial charge in [0.25, 0.3) is 0 Å². The standard InChI is InChI=1S/C22H29ClN2O3S/c23-18-1-3-20(4-2-18)29(27,28)24-19-5-7-25(8-6-19)21(26)22-12-15-9-16(13-22)11-17(10-15)14-22/h1-4,15-17,19,24H,5-14H2. The number of carbonyl (C=O) groups is 1. The van der Waals surface area contributed by atoms with Crippen molar-refractivity contribution in [3.05, 3.63) is 29.3 Å². The minimum absolute atomic E-state index is 0.107. The van der Waals surface area contributed by atoms with Gasteiger partial charge in [0.1, 0.15) is 0 Å².